The van der Waals surface area contributed by atoms with E-state index < -0.39 is 11.7 Å². The standard InChI is InChI=1S/C15H20FN3O2/c16-11-7-6-9(14(18)20)8-13(11)19-15(21)10-4-2-1-3-5-12(10)17/h6-8,10,12H,1-5,17H2,(H2,18,20)(H,19,21). The van der Waals surface area contributed by atoms with Gasteiger partial charge in [-0.3, -0.25) is 9.59 Å². The molecule has 1 aromatic rings. The quantitative estimate of drug-likeness (QED) is 0.741. The third kappa shape index (κ3) is 3.78. The van der Waals surface area contributed by atoms with Gasteiger partial charge in [0.25, 0.3) is 0 Å². The maximum Gasteiger partial charge on any atom is 0.248 e. The number of amides is 2. The normalized spacial score (nSPS) is 22.4. The van der Waals surface area contributed by atoms with E-state index in [-0.39, 0.29) is 29.1 Å². The summed E-state index contributed by atoms with van der Waals surface area (Å²) in [5.41, 5.74) is 11.3. The zero-order valence-corrected chi connectivity index (χ0v) is 11.8. The number of hydrogen-bond acceptors (Lipinski definition) is 3. The summed E-state index contributed by atoms with van der Waals surface area (Å²) in [7, 11) is 0. The second-order valence-corrected chi connectivity index (χ2v) is 5.46. The minimum atomic E-state index is -0.670. The van der Waals surface area contributed by atoms with Crippen LogP contribution in [0.1, 0.15) is 42.5 Å². The molecule has 1 aliphatic carbocycles. The van der Waals surface area contributed by atoms with Crippen LogP contribution in [-0.2, 0) is 4.79 Å². The first-order chi connectivity index (χ1) is 9.99. The molecule has 1 aromatic carbocycles. The molecular formula is C15H20FN3O2. The third-order valence-electron chi connectivity index (χ3n) is 3.91. The molecule has 5 N–H and O–H groups in total. The molecule has 0 radical (unpaired) electrons. The number of halogens is 1. The summed E-state index contributed by atoms with van der Waals surface area (Å²) in [5.74, 6) is -1.90. The molecule has 2 unspecified atom stereocenters. The highest BCUT2D eigenvalue weighted by Gasteiger charge is 2.27. The molecule has 1 aliphatic rings. The van der Waals surface area contributed by atoms with Crippen LogP contribution < -0.4 is 16.8 Å². The van der Waals surface area contributed by atoms with E-state index >= 15 is 0 Å². The number of hydrogen-bond donors (Lipinski definition) is 3. The molecule has 5 nitrogen and oxygen atoms in total. The second-order valence-electron chi connectivity index (χ2n) is 5.46. The summed E-state index contributed by atoms with van der Waals surface area (Å²) in [6.07, 6.45) is 4.50. The molecule has 6 heteroatoms. The molecule has 0 spiro atoms. The summed E-state index contributed by atoms with van der Waals surface area (Å²) in [4.78, 5) is 23.4. The molecule has 0 heterocycles. The van der Waals surface area contributed by atoms with Crippen molar-refractivity contribution in [1.82, 2.24) is 0 Å². The highest BCUT2D eigenvalue weighted by Crippen LogP contribution is 2.24. The lowest BCUT2D eigenvalue weighted by atomic mass is 9.94. The predicted octanol–water partition coefficient (Wildman–Crippen LogP) is 1.77. The van der Waals surface area contributed by atoms with Gasteiger partial charge in [0.15, 0.2) is 0 Å². The van der Waals surface area contributed by atoms with Gasteiger partial charge < -0.3 is 16.8 Å². The van der Waals surface area contributed by atoms with E-state index in [2.05, 4.69) is 5.32 Å². The Morgan fingerprint density at radius 2 is 1.90 bits per heavy atom. The SMILES string of the molecule is NC(=O)c1ccc(F)c(NC(=O)C2CCCCCC2N)c1. The van der Waals surface area contributed by atoms with Gasteiger partial charge in [-0.25, -0.2) is 4.39 Å². The Kier molecular flexibility index (Phi) is 4.90. The van der Waals surface area contributed by atoms with E-state index in [0.717, 1.165) is 31.7 Å². The molecule has 1 fully saturated rings. The fourth-order valence-electron chi connectivity index (χ4n) is 2.66. The molecule has 2 amide bonds. The van der Waals surface area contributed by atoms with Crippen LogP contribution in [0.5, 0.6) is 0 Å². The van der Waals surface area contributed by atoms with Gasteiger partial charge in [0.1, 0.15) is 5.82 Å². The van der Waals surface area contributed by atoms with E-state index in [9.17, 15) is 14.0 Å². The minimum Gasteiger partial charge on any atom is -0.366 e. The van der Waals surface area contributed by atoms with Gasteiger partial charge in [-0.05, 0) is 31.0 Å². The summed E-state index contributed by atoms with van der Waals surface area (Å²) in [5, 5.41) is 2.53. The van der Waals surface area contributed by atoms with Gasteiger partial charge in [-0.2, -0.15) is 0 Å². The smallest absolute Gasteiger partial charge is 0.248 e. The minimum absolute atomic E-state index is 0.0345. The topological polar surface area (TPSA) is 98.2 Å². The average Bonchev–Trinajstić information content (AvgIpc) is 2.65. The first-order valence-corrected chi connectivity index (χ1v) is 7.15. The lowest BCUT2D eigenvalue weighted by Gasteiger charge is -2.20. The Balaban J connectivity index is 2.14. The van der Waals surface area contributed by atoms with Crippen LogP contribution in [0.3, 0.4) is 0 Å². The van der Waals surface area contributed by atoms with Crippen molar-refractivity contribution in [2.24, 2.45) is 17.4 Å². The van der Waals surface area contributed by atoms with E-state index in [1.165, 1.54) is 12.1 Å². The highest BCUT2D eigenvalue weighted by molar-refractivity contribution is 5.97. The Morgan fingerprint density at radius 3 is 2.62 bits per heavy atom. The lowest BCUT2D eigenvalue weighted by molar-refractivity contribution is -0.120. The van der Waals surface area contributed by atoms with Crippen LogP contribution in [0.2, 0.25) is 0 Å². The number of anilines is 1. The number of primary amides is 1. The van der Waals surface area contributed by atoms with Crippen molar-refractivity contribution >= 4 is 17.5 Å². The third-order valence-corrected chi connectivity index (χ3v) is 3.91. The zero-order valence-electron chi connectivity index (χ0n) is 11.8. The van der Waals surface area contributed by atoms with Crippen molar-refractivity contribution < 1.29 is 14.0 Å². The van der Waals surface area contributed by atoms with E-state index in [1.807, 2.05) is 0 Å². The summed E-state index contributed by atoms with van der Waals surface area (Å²) in [6, 6.07) is 3.43. The molecule has 0 aliphatic heterocycles. The summed E-state index contributed by atoms with van der Waals surface area (Å²) >= 11 is 0. The fourth-order valence-corrected chi connectivity index (χ4v) is 2.66. The Bertz CT molecular complexity index is 548. The van der Waals surface area contributed by atoms with Crippen LogP contribution in [0.25, 0.3) is 0 Å². The van der Waals surface area contributed by atoms with Crippen molar-refractivity contribution in [1.29, 1.82) is 0 Å². The molecule has 1 saturated carbocycles. The fraction of sp³-hybridized carbons (Fsp3) is 0.467. The molecule has 2 atom stereocenters. The molecule has 2 rings (SSSR count). The van der Waals surface area contributed by atoms with Crippen LogP contribution >= 0.6 is 0 Å². The van der Waals surface area contributed by atoms with Gasteiger partial charge in [0.2, 0.25) is 11.8 Å². The van der Waals surface area contributed by atoms with Crippen LogP contribution in [0, 0.1) is 11.7 Å². The van der Waals surface area contributed by atoms with Crippen LogP contribution in [0.4, 0.5) is 10.1 Å². The molecule has 0 bridgehead atoms. The van der Waals surface area contributed by atoms with Gasteiger partial charge in [0, 0.05) is 11.6 Å². The average molecular weight is 293 g/mol. The van der Waals surface area contributed by atoms with Crippen molar-refractivity contribution in [2.75, 3.05) is 5.32 Å². The highest BCUT2D eigenvalue weighted by atomic mass is 19.1. The van der Waals surface area contributed by atoms with Crippen molar-refractivity contribution in [3.05, 3.63) is 29.6 Å². The van der Waals surface area contributed by atoms with Crippen LogP contribution in [-0.4, -0.2) is 17.9 Å². The molecule has 114 valence electrons. The number of nitrogens with two attached hydrogens (primary N) is 2. The van der Waals surface area contributed by atoms with Gasteiger partial charge in [-0.15, -0.1) is 0 Å². The van der Waals surface area contributed by atoms with Crippen molar-refractivity contribution in [3.63, 3.8) is 0 Å². The van der Waals surface area contributed by atoms with Gasteiger partial charge >= 0.3 is 0 Å². The Morgan fingerprint density at radius 1 is 1.19 bits per heavy atom. The van der Waals surface area contributed by atoms with Gasteiger partial charge in [0.05, 0.1) is 11.6 Å². The number of nitrogens with one attached hydrogen (secondary N) is 1. The molecule has 0 saturated heterocycles. The van der Waals surface area contributed by atoms with Crippen molar-refractivity contribution in [2.45, 2.75) is 38.1 Å². The maximum absolute atomic E-state index is 13.7. The van der Waals surface area contributed by atoms with Crippen LogP contribution in [0.15, 0.2) is 18.2 Å². The van der Waals surface area contributed by atoms with E-state index in [1.54, 1.807) is 0 Å². The monoisotopic (exact) mass is 293 g/mol. The summed E-state index contributed by atoms with van der Waals surface area (Å²) < 4.78 is 13.7. The zero-order chi connectivity index (χ0) is 15.4. The Labute approximate surface area is 122 Å². The molecule has 21 heavy (non-hydrogen) atoms. The first-order valence-electron chi connectivity index (χ1n) is 7.15. The molecular weight excluding hydrogens is 273 g/mol. The predicted molar refractivity (Wildman–Crippen MR) is 78.1 cm³/mol. The second kappa shape index (κ2) is 6.67. The number of carbonyl (C=O) groups excluding carboxylic acids is 2. The largest absolute Gasteiger partial charge is 0.366 e. The Hall–Kier alpha value is -1.95. The maximum atomic E-state index is 13.7. The number of benzene rings is 1. The lowest BCUT2D eigenvalue weighted by Crippen LogP contribution is -2.38. The van der Waals surface area contributed by atoms with E-state index in [0.29, 0.717) is 6.42 Å². The van der Waals surface area contributed by atoms with E-state index in [4.69, 9.17) is 11.5 Å². The summed E-state index contributed by atoms with van der Waals surface area (Å²) in [6.45, 7) is 0. The van der Waals surface area contributed by atoms with Gasteiger partial charge in [-0.1, -0.05) is 19.3 Å². The molecule has 0 aromatic heterocycles. The number of carbonyl (C=O) groups is 2. The van der Waals surface area contributed by atoms with Crippen molar-refractivity contribution in [3.8, 4) is 0 Å². The number of rotatable bonds is 3. The first kappa shape index (κ1) is 15.4.